The van der Waals surface area contributed by atoms with Crippen LogP contribution in [-0.2, 0) is 123 Å². The van der Waals surface area contributed by atoms with Crippen LogP contribution in [0.25, 0.3) is 0 Å². The van der Waals surface area contributed by atoms with E-state index in [0.717, 1.165) is 27.7 Å². The predicted molar refractivity (Wildman–Crippen MR) is 408 cm³/mol. The molecule has 11 fully saturated rings. The van der Waals surface area contributed by atoms with Gasteiger partial charge in [0.2, 0.25) is 23.6 Å². The molecule has 11 aliphatic heterocycles. The normalized spacial score (nSPS) is 49.8. The second-order valence-corrected chi connectivity index (χ2v) is 33.8. The van der Waals surface area contributed by atoms with Crippen LogP contribution in [0.1, 0.15) is 34.6 Å². The summed E-state index contributed by atoms with van der Waals surface area (Å²) in [6, 6.07) is -7.75. The maximum atomic E-state index is 13.3. The van der Waals surface area contributed by atoms with Crippen LogP contribution < -0.4 is 21.3 Å². The largest absolute Gasteiger partial charge is 0.479 e. The summed E-state index contributed by atoms with van der Waals surface area (Å²) in [5, 5.41) is 344. The standard InChI is InChI=1S/C74H122N4O56/c1-15-33(90)42(99)48(105)68(116-15)114-14-28-58(38(95)29(64(113)117-28)75-16(2)86)127-66-31(77-18(4)88)40(97)56(25(11-84)122-66)130-73-53(110)60(37(94)27(125-73)13-115-74-62(45(102)35(92)21(7-80)120-74)134-67-32(78-19(5)89)41(98)54(23(9-82)123-67)128-69-49(106)43(100)34(91)20(6-79)118-69)131-70-51(108)47(104)57(26(12-85)124-70)126-65-30(76-17(3)87)39(96)55(24(10-83)121-65)129-72-52(109)59(36(93)22(8-81)119-72)132-71-50(107)44(101)46(103)61(133-71)63(111)112/h15,20-62,64-74,79-85,90-110,113H,6-14H2,1-5H3,(H,75,86)(H,76,87)(H,77,88)(H,78,89)(H,111,112)/t15-,20+,21+,22+,23+,24+,25+,26+,27+,28+,29+,30+,31+,32+,33+,34-,35+,36-,37+,38+,39+,40+,41+,42+,43-,44-,45-,46-,47+,48-,49+,50+,51-,52+,53-,54+,55+,56+,57+,58+,59-,60-,61-,62-,64+,65-,66-,67-,68+,69-,70+,71+,72-,73-,74-/m0/s1. The van der Waals surface area contributed by atoms with Gasteiger partial charge in [0.25, 0.3) is 0 Å². The van der Waals surface area contributed by atoms with Gasteiger partial charge in [-0.1, -0.05) is 0 Å². The van der Waals surface area contributed by atoms with Gasteiger partial charge in [-0.05, 0) is 6.92 Å². The molecule has 11 aliphatic rings. The molecule has 0 bridgehead atoms. The number of rotatable bonds is 34. The molecule has 11 rings (SSSR count). The molecule has 0 aromatic heterocycles. The van der Waals surface area contributed by atoms with Crippen molar-refractivity contribution in [1.29, 1.82) is 0 Å². The highest BCUT2D eigenvalue weighted by Crippen LogP contribution is 2.42. The number of hydrogen-bond donors (Lipinski definition) is 34. The third-order valence-corrected chi connectivity index (χ3v) is 24.5. The van der Waals surface area contributed by atoms with Gasteiger partial charge < -0.3 is 274 Å². The lowest BCUT2D eigenvalue weighted by Crippen LogP contribution is -2.71. The van der Waals surface area contributed by atoms with Crippen molar-refractivity contribution in [3.8, 4) is 0 Å². The molecule has 0 aromatic rings. The molecular weight excluding hydrogens is 1840 g/mol. The smallest absolute Gasteiger partial charge is 0.335 e. The number of carboxylic acid groups (broad SMARTS) is 1. The Balaban J connectivity index is 0.874. The van der Waals surface area contributed by atoms with Crippen molar-refractivity contribution >= 4 is 29.6 Å². The monoisotopic (exact) mass is 1960 g/mol. The number of aliphatic carboxylic acids is 1. The minimum absolute atomic E-state index is 0.856. The van der Waals surface area contributed by atoms with Crippen molar-refractivity contribution in [2.24, 2.45) is 0 Å². The Kier molecular flexibility index (Phi) is 38.9. The summed E-state index contributed by atoms with van der Waals surface area (Å²) in [4.78, 5) is 63.6. The number of nitrogens with one attached hydrogen (secondary N) is 4. The van der Waals surface area contributed by atoms with Crippen LogP contribution in [0.3, 0.4) is 0 Å². The Bertz CT molecular complexity index is 3720. The van der Waals surface area contributed by atoms with Gasteiger partial charge in [0.05, 0.1) is 65.6 Å². The van der Waals surface area contributed by atoms with Crippen LogP contribution in [-0.4, -0.2) is 580 Å². The van der Waals surface area contributed by atoms with E-state index < -0.39 is 427 Å². The SMILES string of the molecule is CC(=O)N[C@@H]1[C@@H](O)[C@H](O[C@@H]2O[C@H](CO)[C@@H](O[C@@H]3O[C@H](CO[C@H]4O[C@H](CO)[C@@H](O)[C@H](O)[C@@H]4O[C@@H]4O[C@H](CO)[C@@H](O[C@@H]5O[C@H](CO)[C@H](O)[C@H](O)[C@H]5O)[C@H](O)[C@H]4NC(C)=O)[C@@H](O)[C@H](O[C@H]4O[C@H](CO)[C@@H](O[C@@H]5O[C@H](CO)[C@@H](O[C@@H]6O[C@H](CO)[C@H](O)[C@H](O[C@@H]7O[C@H](C(=O)O)[C@@H](O)[C@H](O)[C@H]7O)[C@H]6O)[C@H](O)[C@H]5NC(C)=O)[C@H](O)[C@@H]4O)[C@@H]3O)[C@H](O)[C@H]2NC(C)=O)[C@@H](CO[C@@H]2O[C@@H](C)[C@@H](O)[C@@H](O)[C@@H]2O)O[C@H]1O. The van der Waals surface area contributed by atoms with Gasteiger partial charge in [-0.2, -0.15) is 0 Å². The zero-order valence-corrected chi connectivity index (χ0v) is 71.6. The first-order chi connectivity index (χ1) is 63.3. The fourth-order valence-corrected chi connectivity index (χ4v) is 17.3. The van der Waals surface area contributed by atoms with Crippen molar-refractivity contribution in [3.05, 3.63) is 0 Å². The molecule has 34 N–H and O–H groups in total. The van der Waals surface area contributed by atoms with E-state index in [1.54, 1.807) is 0 Å². The molecule has 60 heteroatoms. The van der Waals surface area contributed by atoms with Gasteiger partial charge in [0, 0.05) is 27.7 Å². The lowest BCUT2D eigenvalue weighted by atomic mass is 9.93. The first-order valence-corrected chi connectivity index (χ1v) is 42.5. The van der Waals surface area contributed by atoms with Gasteiger partial charge in [-0.15, -0.1) is 0 Å². The number of carbonyl (C=O) groups excluding carboxylic acids is 4. The third kappa shape index (κ3) is 24.0. The van der Waals surface area contributed by atoms with Gasteiger partial charge >= 0.3 is 5.97 Å². The molecule has 60 nitrogen and oxygen atoms in total. The van der Waals surface area contributed by atoms with Crippen LogP contribution in [0.15, 0.2) is 0 Å². The van der Waals surface area contributed by atoms with Gasteiger partial charge in [0.15, 0.2) is 75.3 Å². The fourth-order valence-electron chi connectivity index (χ4n) is 17.3. The Morgan fingerprint density at radius 3 is 0.918 bits per heavy atom. The van der Waals surface area contributed by atoms with Crippen molar-refractivity contribution in [3.63, 3.8) is 0 Å². The summed E-state index contributed by atoms with van der Waals surface area (Å²) in [5.74, 6) is -5.68. The summed E-state index contributed by atoms with van der Waals surface area (Å²) in [6.07, 6.45) is -108. The van der Waals surface area contributed by atoms with Crippen LogP contribution in [0.5, 0.6) is 0 Å². The zero-order valence-electron chi connectivity index (χ0n) is 71.6. The number of hydrogen-bond acceptors (Lipinski definition) is 55. The van der Waals surface area contributed by atoms with Crippen molar-refractivity contribution < 1.29 is 277 Å². The molecule has 0 unspecified atom stereocenters. The number of ether oxygens (including phenoxy) is 21. The quantitative estimate of drug-likeness (QED) is 0.0284. The molecule has 0 aromatic carbocycles. The minimum atomic E-state index is -2.62. The highest BCUT2D eigenvalue weighted by Gasteiger charge is 2.63. The van der Waals surface area contributed by atoms with Crippen molar-refractivity contribution in [2.75, 3.05) is 59.5 Å². The molecule has 55 atom stereocenters. The maximum Gasteiger partial charge on any atom is 0.335 e. The molecule has 0 spiro atoms. The molecule has 11 heterocycles. The van der Waals surface area contributed by atoms with E-state index in [0.29, 0.717) is 0 Å². The molecule has 0 radical (unpaired) electrons. The van der Waals surface area contributed by atoms with E-state index in [1.165, 1.54) is 6.92 Å². The molecule has 134 heavy (non-hydrogen) atoms. The van der Waals surface area contributed by atoms with E-state index in [-0.39, 0.29) is 0 Å². The molecule has 11 saturated heterocycles. The summed E-state index contributed by atoms with van der Waals surface area (Å²) >= 11 is 0. The number of amides is 4. The fraction of sp³-hybridized carbons (Fsp3) is 0.932. The number of carboxylic acids is 1. The van der Waals surface area contributed by atoms with Gasteiger partial charge in [0.1, 0.15) is 256 Å². The van der Waals surface area contributed by atoms with E-state index in [4.69, 9.17) is 99.5 Å². The summed E-state index contributed by atoms with van der Waals surface area (Å²) in [6.45, 7) is -5.29. The van der Waals surface area contributed by atoms with Crippen LogP contribution >= 0.6 is 0 Å². The van der Waals surface area contributed by atoms with E-state index in [2.05, 4.69) is 21.3 Å². The molecular formula is C74H122N4O56. The van der Waals surface area contributed by atoms with E-state index >= 15 is 0 Å². The highest BCUT2D eigenvalue weighted by molar-refractivity contribution is 5.75. The van der Waals surface area contributed by atoms with Gasteiger partial charge in [-0.3, -0.25) is 19.2 Å². The average Bonchev–Trinajstić information content (AvgIpc) is 0.769. The molecule has 4 amide bonds. The van der Waals surface area contributed by atoms with E-state index in [1.807, 2.05) is 0 Å². The van der Waals surface area contributed by atoms with Gasteiger partial charge in [-0.25, -0.2) is 4.79 Å². The summed E-state index contributed by atoms with van der Waals surface area (Å²) < 4.78 is 123. The Morgan fingerprint density at radius 2 is 0.500 bits per heavy atom. The maximum absolute atomic E-state index is 13.3. The number of aliphatic hydroxyl groups excluding tert-OH is 29. The van der Waals surface area contributed by atoms with Crippen LogP contribution in [0.4, 0.5) is 0 Å². The number of carbonyl (C=O) groups is 5. The first-order valence-electron chi connectivity index (χ1n) is 42.5. The molecule has 0 saturated carbocycles. The van der Waals surface area contributed by atoms with Crippen LogP contribution in [0.2, 0.25) is 0 Å². The highest BCUT2D eigenvalue weighted by atomic mass is 16.8. The first kappa shape index (κ1) is 110. The topological polar surface area (TPSA) is 934 Å². The Morgan fingerprint density at radius 1 is 0.231 bits per heavy atom. The predicted octanol–water partition coefficient (Wildman–Crippen LogP) is -23.3. The Labute approximate surface area is 757 Å². The number of aliphatic hydroxyl groups is 29. The summed E-state index contributed by atoms with van der Waals surface area (Å²) in [7, 11) is 0. The lowest BCUT2D eigenvalue weighted by molar-refractivity contribution is -0.395. The molecule has 0 aliphatic carbocycles. The van der Waals surface area contributed by atoms with Crippen molar-refractivity contribution in [2.45, 2.75) is 372 Å². The lowest BCUT2D eigenvalue weighted by Gasteiger charge is -2.51. The minimum Gasteiger partial charge on any atom is -0.479 e. The zero-order chi connectivity index (χ0) is 98.7. The molecule has 774 valence electrons. The second kappa shape index (κ2) is 47.5. The second-order valence-electron chi connectivity index (χ2n) is 33.8. The van der Waals surface area contributed by atoms with Crippen LogP contribution in [0, 0.1) is 0 Å². The Hall–Kier alpha value is -4.65. The van der Waals surface area contributed by atoms with Crippen molar-refractivity contribution in [1.82, 2.24) is 21.3 Å². The van der Waals surface area contributed by atoms with E-state index in [9.17, 15) is 177 Å². The average molecular weight is 1960 g/mol. The third-order valence-electron chi connectivity index (χ3n) is 24.5. The summed E-state index contributed by atoms with van der Waals surface area (Å²) in [5.41, 5.74) is 0.